The number of aliphatic carboxylic acids is 3. The van der Waals surface area contributed by atoms with Crippen molar-refractivity contribution in [1.82, 2.24) is 0 Å². The fraction of sp³-hybridized carbons (Fsp3) is 0.522. The normalized spacial score (nSPS) is 35.7. The molecule has 0 radical (unpaired) electrons. The van der Waals surface area contributed by atoms with Crippen molar-refractivity contribution < 1.29 is 59.6 Å². The lowest BCUT2D eigenvalue weighted by Gasteiger charge is -2.48. The van der Waals surface area contributed by atoms with Crippen molar-refractivity contribution in [1.29, 1.82) is 0 Å². The summed E-state index contributed by atoms with van der Waals surface area (Å²) in [7, 11) is 0. The van der Waals surface area contributed by atoms with E-state index in [0.717, 1.165) is 5.56 Å². The number of hydrogen-bond acceptors (Lipinski definition) is 9. The highest BCUT2D eigenvalue weighted by molar-refractivity contribution is 5.97. The maximum Gasteiger partial charge on any atom is 0.343 e. The number of aliphatic hydroxyl groups excluding tert-OH is 3. The molecule has 1 aromatic rings. The Bertz CT molecular complexity index is 1010. The summed E-state index contributed by atoms with van der Waals surface area (Å²) >= 11 is 0. The van der Waals surface area contributed by atoms with Crippen LogP contribution in [0.25, 0.3) is 0 Å². The molecular weight excluding hydrogens is 468 g/mol. The first-order chi connectivity index (χ1) is 16.2. The van der Waals surface area contributed by atoms with Gasteiger partial charge in [0.15, 0.2) is 5.79 Å². The van der Waals surface area contributed by atoms with Crippen LogP contribution in [0.4, 0.5) is 0 Å². The first-order valence-corrected chi connectivity index (χ1v) is 10.8. The van der Waals surface area contributed by atoms with E-state index < -0.39 is 65.7 Å². The van der Waals surface area contributed by atoms with E-state index in [1.165, 1.54) is 0 Å². The Kier molecular flexibility index (Phi) is 7.10. The molecule has 0 spiro atoms. The molecule has 0 aromatic heterocycles. The molecule has 0 saturated carbocycles. The van der Waals surface area contributed by atoms with Crippen molar-refractivity contribution in [2.45, 2.75) is 67.6 Å². The molecule has 2 aliphatic rings. The molecule has 192 valence electrons. The lowest BCUT2D eigenvalue weighted by Crippen LogP contribution is -2.77. The lowest BCUT2D eigenvalue weighted by molar-refractivity contribution is -0.374. The quantitative estimate of drug-likeness (QED) is 0.197. The monoisotopic (exact) mass is 496 g/mol. The maximum absolute atomic E-state index is 12.1. The molecule has 2 heterocycles. The van der Waals surface area contributed by atoms with Gasteiger partial charge in [0.25, 0.3) is 0 Å². The number of ether oxygens (including phenoxy) is 2. The summed E-state index contributed by atoms with van der Waals surface area (Å²) < 4.78 is 10.5. The van der Waals surface area contributed by atoms with E-state index in [9.17, 15) is 50.1 Å². The summed E-state index contributed by atoms with van der Waals surface area (Å²) in [6.07, 6.45) is -8.79. The van der Waals surface area contributed by atoms with E-state index in [-0.39, 0.29) is 17.9 Å². The standard InChI is InChI=1S/C23H28O12/c1-11(14(24)12(2)10-13-6-4-3-5-7-13)8-9-21-15(25)16(26)23(35-21,20(31)32)22(33,19(29)30)17(34-21)18(27)28/h3-7,12,14-17,24-26,33H,1,8-10H2,2H3,(H,27,28)(H,29,30)(H,31,32)/t12-,14-,15-,16-,17-,21-,22-,23-/m1/s1. The predicted octanol–water partition coefficient (Wildman–Crippen LogP) is -0.867. The molecule has 2 bridgehead atoms. The average Bonchev–Trinajstić information content (AvgIpc) is 3.00. The van der Waals surface area contributed by atoms with Crippen LogP contribution < -0.4 is 0 Å². The molecule has 8 atom stereocenters. The van der Waals surface area contributed by atoms with Gasteiger partial charge < -0.3 is 45.2 Å². The average molecular weight is 496 g/mol. The molecule has 2 fully saturated rings. The largest absolute Gasteiger partial charge is 0.479 e. The van der Waals surface area contributed by atoms with Gasteiger partial charge >= 0.3 is 17.9 Å². The van der Waals surface area contributed by atoms with Crippen molar-refractivity contribution in [2.24, 2.45) is 5.92 Å². The fourth-order valence-corrected chi connectivity index (χ4v) is 4.81. The molecule has 1 aromatic carbocycles. The highest BCUT2D eigenvalue weighted by Gasteiger charge is 2.84. The van der Waals surface area contributed by atoms with Crippen molar-refractivity contribution >= 4 is 17.9 Å². The Morgan fingerprint density at radius 3 is 2.17 bits per heavy atom. The van der Waals surface area contributed by atoms with Gasteiger partial charge in [-0.25, -0.2) is 14.4 Å². The van der Waals surface area contributed by atoms with Crippen LogP contribution in [0.5, 0.6) is 0 Å². The van der Waals surface area contributed by atoms with E-state index in [4.69, 9.17) is 9.47 Å². The van der Waals surface area contributed by atoms with Crippen LogP contribution in [0.1, 0.15) is 25.3 Å². The van der Waals surface area contributed by atoms with E-state index in [1.54, 1.807) is 6.92 Å². The zero-order chi connectivity index (χ0) is 26.3. The van der Waals surface area contributed by atoms with Gasteiger partial charge in [0.2, 0.25) is 17.3 Å². The highest BCUT2D eigenvalue weighted by atomic mass is 16.8. The molecule has 0 amide bonds. The number of carboxylic acid groups (broad SMARTS) is 3. The Balaban J connectivity index is 1.87. The minimum absolute atomic E-state index is 0.183. The molecule has 2 aliphatic heterocycles. The first kappa shape index (κ1) is 26.7. The third-order valence-corrected chi connectivity index (χ3v) is 6.78. The predicted molar refractivity (Wildman–Crippen MR) is 115 cm³/mol. The van der Waals surface area contributed by atoms with Crippen molar-refractivity contribution in [2.75, 3.05) is 0 Å². The smallest absolute Gasteiger partial charge is 0.343 e. The van der Waals surface area contributed by atoms with Crippen LogP contribution in [-0.4, -0.2) is 95.1 Å². The highest BCUT2D eigenvalue weighted by Crippen LogP contribution is 2.54. The number of carbonyl (C=O) groups is 3. The topological polar surface area (TPSA) is 211 Å². The van der Waals surface area contributed by atoms with Crippen molar-refractivity contribution in [3.63, 3.8) is 0 Å². The molecule has 35 heavy (non-hydrogen) atoms. The van der Waals surface area contributed by atoms with Crippen molar-refractivity contribution in [3.05, 3.63) is 48.0 Å². The number of hydrogen-bond donors (Lipinski definition) is 7. The zero-order valence-electron chi connectivity index (χ0n) is 18.8. The maximum atomic E-state index is 12.1. The molecule has 0 aliphatic carbocycles. The Morgan fingerprint density at radius 1 is 1.06 bits per heavy atom. The molecule has 2 saturated heterocycles. The van der Waals surface area contributed by atoms with Crippen LogP contribution in [-0.2, 0) is 30.3 Å². The van der Waals surface area contributed by atoms with Gasteiger partial charge in [0, 0.05) is 6.42 Å². The zero-order valence-corrected chi connectivity index (χ0v) is 18.8. The number of benzene rings is 1. The third kappa shape index (κ3) is 4.01. The molecular formula is C23H28O12. The third-order valence-electron chi connectivity index (χ3n) is 6.78. The van der Waals surface area contributed by atoms with Gasteiger partial charge in [-0.1, -0.05) is 43.8 Å². The second kappa shape index (κ2) is 9.30. The van der Waals surface area contributed by atoms with Gasteiger partial charge in [-0.05, 0) is 29.9 Å². The van der Waals surface area contributed by atoms with E-state index in [1.807, 2.05) is 30.3 Å². The lowest BCUT2D eigenvalue weighted by atomic mass is 9.74. The molecule has 12 heteroatoms. The van der Waals surface area contributed by atoms with Crippen LogP contribution >= 0.6 is 0 Å². The number of aliphatic hydroxyl groups is 4. The van der Waals surface area contributed by atoms with Crippen LogP contribution in [0.15, 0.2) is 42.5 Å². The Labute approximate surface area is 199 Å². The van der Waals surface area contributed by atoms with Gasteiger partial charge in [-0.2, -0.15) is 0 Å². The SMILES string of the molecule is C=C(CC[C@@]12O[C@H](C(=O)O)[C@@](O)(C(=O)O)[C@@](C(=O)O)(O1)[C@H](O)[C@H]2O)[C@@H](O)[C@H](C)Cc1ccccc1. The molecule has 7 N–H and O–H groups in total. The Morgan fingerprint density at radius 2 is 1.66 bits per heavy atom. The summed E-state index contributed by atoms with van der Waals surface area (Å²) in [6.45, 7) is 5.58. The minimum atomic E-state index is -3.79. The second-order valence-corrected chi connectivity index (χ2v) is 9.02. The van der Waals surface area contributed by atoms with Crippen molar-refractivity contribution in [3.8, 4) is 0 Å². The van der Waals surface area contributed by atoms with Gasteiger partial charge in [-0.15, -0.1) is 0 Å². The number of fused-ring (bicyclic) bond motifs is 2. The molecule has 12 nitrogen and oxygen atoms in total. The minimum Gasteiger partial charge on any atom is -0.479 e. The van der Waals surface area contributed by atoms with E-state index in [2.05, 4.69) is 6.58 Å². The number of carboxylic acids is 3. The summed E-state index contributed by atoms with van der Waals surface area (Å²) in [6, 6.07) is 9.30. The van der Waals surface area contributed by atoms with Crippen LogP contribution in [0.2, 0.25) is 0 Å². The molecule has 3 rings (SSSR count). The fourth-order valence-electron chi connectivity index (χ4n) is 4.81. The summed E-state index contributed by atoms with van der Waals surface area (Å²) in [4.78, 5) is 35.8. The van der Waals surface area contributed by atoms with E-state index in [0.29, 0.717) is 6.42 Å². The van der Waals surface area contributed by atoms with Crippen LogP contribution in [0, 0.1) is 5.92 Å². The summed E-state index contributed by atoms with van der Waals surface area (Å²) in [5, 5.41) is 71.4. The summed E-state index contributed by atoms with van der Waals surface area (Å²) in [5.41, 5.74) is -6.07. The Hall–Kier alpha value is -2.87. The van der Waals surface area contributed by atoms with E-state index >= 15 is 0 Å². The summed E-state index contributed by atoms with van der Waals surface area (Å²) in [5.74, 6) is -9.43. The van der Waals surface area contributed by atoms with Gasteiger partial charge in [0.1, 0.15) is 12.2 Å². The van der Waals surface area contributed by atoms with Crippen LogP contribution in [0.3, 0.4) is 0 Å². The first-order valence-electron chi connectivity index (χ1n) is 10.8. The number of rotatable bonds is 10. The molecule has 0 unspecified atom stereocenters. The van der Waals surface area contributed by atoms with Gasteiger partial charge in [0.05, 0.1) is 6.10 Å². The second-order valence-electron chi connectivity index (χ2n) is 9.02. The van der Waals surface area contributed by atoms with Gasteiger partial charge in [-0.3, -0.25) is 0 Å².